The van der Waals surface area contributed by atoms with Crippen LogP contribution in [0, 0.1) is 0 Å². The maximum atomic E-state index is 5.35. The average Bonchev–Trinajstić information content (AvgIpc) is 3.15. The molecule has 4 rings (SSSR count). The molecule has 5 nitrogen and oxygen atoms in total. The number of hydrogen-bond donors (Lipinski definition) is 0. The number of aromatic nitrogens is 4. The maximum absolute atomic E-state index is 5.35. The second kappa shape index (κ2) is 4.03. The van der Waals surface area contributed by atoms with Crippen molar-refractivity contribution in [2.24, 2.45) is 0 Å². The Morgan fingerprint density at radius 1 is 1.00 bits per heavy atom. The Bertz CT molecular complexity index is 817. The van der Waals surface area contributed by atoms with Crippen molar-refractivity contribution >= 4 is 16.3 Å². The van der Waals surface area contributed by atoms with Crippen LogP contribution in [-0.4, -0.2) is 19.8 Å². The van der Waals surface area contributed by atoms with Crippen molar-refractivity contribution in [3.8, 4) is 22.2 Å². The van der Waals surface area contributed by atoms with Crippen molar-refractivity contribution in [1.82, 2.24) is 19.8 Å². The van der Waals surface area contributed by atoms with E-state index in [4.69, 9.17) is 4.42 Å². The predicted octanol–water partition coefficient (Wildman–Crippen LogP) is 3.11. The zero-order valence-electron chi connectivity index (χ0n) is 9.72. The molecule has 1 aromatic carbocycles. The van der Waals surface area contributed by atoms with Gasteiger partial charge in [0, 0.05) is 5.56 Å². The highest BCUT2D eigenvalue weighted by Crippen LogP contribution is 2.27. The van der Waals surface area contributed by atoms with E-state index in [-0.39, 0.29) is 0 Å². The molecule has 0 fully saturated rings. The summed E-state index contributed by atoms with van der Waals surface area (Å²) in [6.45, 7) is 0. The van der Waals surface area contributed by atoms with Crippen molar-refractivity contribution in [3.63, 3.8) is 0 Å². The summed E-state index contributed by atoms with van der Waals surface area (Å²) in [6.07, 6.45) is 1.63. The van der Waals surface area contributed by atoms with Crippen LogP contribution in [-0.2, 0) is 0 Å². The van der Waals surface area contributed by atoms with Gasteiger partial charge in [0.2, 0.25) is 4.96 Å². The highest BCUT2D eigenvalue weighted by atomic mass is 32.1. The first-order valence-corrected chi connectivity index (χ1v) is 6.55. The van der Waals surface area contributed by atoms with E-state index in [0.717, 1.165) is 27.1 Å². The summed E-state index contributed by atoms with van der Waals surface area (Å²) in [5, 5.41) is 13.6. The molecule has 0 aliphatic heterocycles. The predicted molar refractivity (Wildman–Crippen MR) is 71.8 cm³/mol. The zero-order valence-corrected chi connectivity index (χ0v) is 10.5. The van der Waals surface area contributed by atoms with Gasteiger partial charge in [0.1, 0.15) is 0 Å². The lowest BCUT2D eigenvalue weighted by molar-refractivity contribution is 0.580. The highest BCUT2D eigenvalue weighted by Gasteiger charge is 2.15. The van der Waals surface area contributed by atoms with Crippen LogP contribution >= 0.6 is 11.3 Å². The average molecular weight is 268 g/mol. The molecule has 4 aromatic rings. The summed E-state index contributed by atoms with van der Waals surface area (Å²) >= 11 is 1.45. The minimum Gasteiger partial charge on any atom is -0.462 e. The SMILES string of the molecule is c1ccc(-c2nnc3sc(-c4ccco4)nn23)cc1. The first-order valence-electron chi connectivity index (χ1n) is 5.73. The molecule has 0 atom stereocenters. The lowest BCUT2D eigenvalue weighted by Gasteiger charge is -1.94. The fourth-order valence-corrected chi connectivity index (χ4v) is 2.69. The molecule has 0 bridgehead atoms. The quantitative estimate of drug-likeness (QED) is 0.560. The minimum atomic E-state index is 0.740. The first kappa shape index (κ1) is 10.5. The Labute approximate surface area is 112 Å². The molecule has 0 aliphatic carbocycles. The van der Waals surface area contributed by atoms with E-state index in [1.165, 1.54) is 11.3 Å². The normalized spacial score (nSPS) is 11.2. The number of rotatable bonds is 2. The molecular formula is C13H8N4OS. The molecular weight excluding hydrogens is 260 g/mol. The van der Waals surface area contributed by atoms with E-state index >= 15 is 0 Å². The number of furan rings is 1. The maximum Gasteiger partial charge on any atom is 0.235 e. The summed E-state index contributed by atoms with van der Waals surface area (Å²) in [5.74, 6) is 1.49. The van der Waals surface area contributed by atoms with Gasteiger partial charge >= 0.3 is 0 Å². The van der Waals surface area contributed by atoms with E-state index in [1.807, 2.05) is 42.5 Å². The topological polar surface area (TPSA) is 56.2 Å². The van der Waals surface area contributed by atoms with Crippen molar-refractivity contribution in [2.75, 3.05) is 0 Å². The fourth-order valence-electron chi connectivity index (χ4n) is 1.88. The Hall–Kier alpha value is -2.47. The van der Waals surface area contributed by atoms with Crippen molar-refractivity contribution in [3.05, 3.63) is 48.7 Å². The van der Waals surface area contributed by atoms with Gasteiger partial charge in [-0.3, -0.25) is 0 Å². The smallest absolute Gasteiger partial charge is 0.235 e. The van der Waals surface area contributed by atoms with Crippen molar-refractivity contribution < 1.29 is 4.42 Å². The van der Waals surface area contributed by atoms with Crippen LogP contribution in [0.25, 0.3) is 27.1 Å². The third kappa shape index (κ3) is 1.65. The molecule has 0 N–H and O–H groups in total. The molecule has 3 aromatic heterocycles. The van der Waals surface area contributed by atoms with Crippen LogP contribution in [0.2, 0.25) is 0 Å². The van der Waals surface area contributed by atoms with E-state index in [0.29, 0.717) is 0 Å². The fraction of sp³-hybridized carbons (Fsp3) is 0. The third-order valence-corrected chi connectivity index (χ3v) is 3.67. The summed E-state index contributed by atoms with van der Waals surface area (Å²) < 4.78 is 7.10. The van der Waals surface area contributed by atoms with Crippen LogP contribution in [0.1, 0.15) is 0 Å². The molecule has 19 heavy (non-hydrogen) atoms. The highest BCUT2D eigenvalue weighted by molar-refractivity contribution is 7.19. The van der Waals surface area contributed by atoms with Gasteiger partial charge < -0.3 is 4.42 Å². The van der Waals surface area contributed by atoms with Gasteiger partial charge in [0.15, 0.2) is 16.6 Å². The molecule has 3 heterocycles. The molecule has 0 saturated heterocycles. The summed E-state index contributed by atoms with van der Waals surface area (Å²) in [6, 6.07) is 13.6. The molecule has 0 unspecified atom stereocenters. The molecule has 0 spiro atoms. The van der Waals surface area contributed by atoms with Gasteiger partial charge in [0.25, 0.3) is 0 Å². The van der Waals surface area contributed by atoms with E-state index < -0.39 is 0 Å². The summed E-state index contributed by atoms with van der Waals surface area (Å²) in [5.41, 5.74) is 0.992. The molecule has 0 aliphatic rings. The van der Waals surface area contributed by atoms with Crippen LogP contribution < -0.4 is 0 Å². The number of benzene rings is 1. The van der Waals surface area contributed by atoms with Gasteiger partial charge in [-0.05, 0) is 12.1 Å². The van der Waals surface area contributed by atoms with E-state index in [1.54, 1.807) is 10.8 Å². The van der Waals surface area contributed by atoms with Crippen molar-refractivity contribution in [2.45, 2.75) is 0 Å². The second-order valence-electron chi connectivity index (χ2n) is 3.97. The Morgan fingerprint density at radius 2 is 1.89 bits per heavy atom. The molecule has 0 radical (unpaired) electrons. The van der Waals surface area contributed by atoms with Gasteiger partial charge in [0.05, 0.1) is 6.26 Å². The zero-order chi connectivity index (χ0) is 12.7. The third-order valence-electron chi connectivity index (χ3n) is 2.75. The Morgan fingerprint density at radius 3 is 2.68 bits per heavy atom. The first-order chi connectivity index (χ1) is 9.42. The number of nitrogens with zero attached hydrogens (tertiary/aromatic N) is 4. The molecule has 0 saturated carbocycles. The molecule has 6 heteroatoms. The minimum absolute atomic E-state index is 0.740. The number of fused-ring (bicyclic) bond motifs is 1. The Balaban J connectivity index is 1.90. The van der Waals surface area contributed by atoms with Gasteiger partial charge in [-0.15, -0.1) is 15.3 Å². The van der Waals surface area contributed by atoms with Crippen LogP contribution in [0.3, 0.4) is 0 Å². The molecule has 92 valence electrons. The standard InChI is InChI=1S/C13H8N4OS/c1-2-5-9(6-3-1)11-14-15-13-17(11)16-12(19-13)10-7-4-8-18-10/h1-8H. The van der Waals surface area contributed by atoms with Gasteiger partial charge in [-0.2, -0.15) is 4.52 Å². The van der Waals surface area contributed by atoms with E-state index in [2.05, 4.69) is 15.3 Å². The Kier molecular flexibility index (Phi) is 2.22. The number of hydrogen-bond acceptors (Lipinski definition) is 5. The monoisotopic (exact) mass is 268 g/mol. The summed E-state index contributed by atoms with van der Waals surface area (Å²) in [4.78, 5) is 0.755. The van der Waals surface area contributed by atoms with Crippen molar-refractivity contribution in [1.29, 1.82) is 0 Å². The van der Waals surface area contributed by atoms with E-state index in [9.17, 15) is 0 Å². The largest absolute Gasteiger partial charge is 0.462 e. The van der Waals surface area contributed by atoms with Crippen LogP contribution in [0.5, 0.6) is 0 Å². The lowest BCUT2D eigenvalue weighted by atomic mass is 10.2. The second-order valence-corrected chi connectivity index (χ2v) is 4.92. The van der Waals surface area contributed by atoms with Gasteiger partial charge in [-0.1, -0.05) is 41.7 Å². The van der Waals surface area contributed by atoms with Gasteiger partial charge in [-0.25, -0.2) is 0 Å². The summed E-state index contributed by atoms with van der Waals surface area (Å²) in [7, 11) is 0. The lowest BCUT2D eigenvalue weighted by Crippen LogP contribution is -1.90. The van der Waals surface area contributed by atoms with Crippen LogP contribution in [0.4, 0.5) is 0 Å². The van der Waals surface area contributed by atoms with Crippen LogP contribution in [0.15, 0.2) is 53.1 Å². The molecule has 0 amide bonds.